The molecular weight excluding hydrogens is 408 g/mol. The van der Waals surface area contributed by atoms with E-state index in [4.69, 9.17) is 0 Å². The standard InChI is InChI=1S/C25H20N2O3S/c1-2-15-9-11-16(12-10-15)27-22(20-8-5-13-31-20)21(24(29)25(27)30)23(28)18-14-26-19-7-4-3-6-17(18)19/h3-14,22,26,28H,2H2,1H3/b23-21-. The SMILES string of the molecule is CCc1ccc(N2C(=O)C(=O)/C(=C(\O)c3c[nH]c4ccccc34)C2c2cccs2)cc1. The molecule has 0 saturated carbocycles. The molecule has 1 unspecified atom stereocenters. The molecule has 0 aliphatic carbocycles. The predicted molar refractivity (Wildman–Crippen MR) is 123 cm³/mol. The number of aryl methyl sites for hydroxylation is 1. The highest BCUT2D eigenvalue weighted by atomic mass is 32.1. The number of amides is 1. The summed E-state index contributed by atoms with van der Waals surface area (Å²) in [4.78, 5) is 31.8. The number of thiophene rings is 1. The third kappa shape index (κ3) is 3.07. The Labute approximate surface area is 183 Å². The molecular formula is C25H20N2O3S. The molecule has 2 N–H and O–H groups in total. The summed E-state index contributed by atoms with van der Waals surface area (Å²) in [5.74, 6) is -1.48. The summed E-state index contributed by atoms with van der Waals surface area (Å²) in [6.45, 7) is 2.06. The van der Waals surface area contributed by atoms with Gasteiger partial charge in [-0.05, 0) is 41.6 Å². The van der Waals surface area contributed by atoms with Crippen LogP contribution in [-0.4, -0.2) is 21.8 Å². The number of aliphatic hydroxyl groups excluding tert-OH is 1. The smallest absolute Gasteiger partial charge is 0.300 e. The molecule has 6 heteroatoms. The first-order valence-corrected chi connectivity index (χ1v) is 11.0. The Kier molecular flexibility index (Phi) is 4.71. The number of aromatic amines is 1. The zero-order chi connectivity index (χ0) is 21.5. The number of benzene rings is 2. The average molecular weight is 429 g/mol. The van der Waals surface area contributed by atoms with Gasteiger partial charge in [0.2, 0.25) is 0 Å². The molecule has 0 bridgehead atoms. The second kappa shape index (κ2) is 7.56. The van der Waals surface area contributed by atoms with E-state index in [2.05, 4.69) is 11.9 Å². The monoisotopic (exact) mass is 428 g/mol. The number of nitrogens with zero attached hydrogens (tertiary/aromatic N) is 1. The maximum atomic E-state index is 13.2. The Balaban J connectivity index is 1.71. The number of aromatic nitrogens is 1. The topological polar surface area (TPSA) is 73.4 Å². The van der Waals surface area contributed by atoms with Gasteiger partial charge >= 0.3 is 0 Å². The maximum Gasteiger partial charge on any atom is 0.300 e. The number of carbonyl (C=O) groups is 2. The normalized spacial score (nSPS) is 18.2. The van der Waals surface area contributed by atoms with E-state index >= 15 is 0 Å². The van der Waals surface area contributed by atoms with Crippen LogP contribution in [0, 0.1) is 0 Å². The minimum atomic E-state index is -0.680. The molecule has 31 heavy (non-hydrogen) atoms. The van der Waals surface area contributed by atoms with Gasteiger partial charge < -0.3 is 10.1 Å². The molecule has 2 aromatic carbocycles. The highest BCUT2D eigenvalue weighted by Gasteiger charge is 2.47. The fourth-order valence-electron chi connectivity index (χ4n) is 4.12. The fraction of sp³-hybridized carbons (Fsp3) is 0.120. The first-order valence-electron chi connectivity index (χ1n) is 10.1. The van der Waals surface area contributed by atoms with Gasteiger partial charge in [0.05, 0.1) is 5.57 Å². The third-order valence-electron chi connectivity index (χ3n) is 5.72. The number of para-hydroxylation sites is 1. The quantitative estimate of drug-likeness (QED) is 0.259. The number of H-pyrrole nitrogens is 1. The molecule has 0 radical (unpaired) electrons. The summed E-state index contributed by atoms with van der Waals surface area (Å²) < 4.78 is 0. The lowest BCUT2D eigenvalue weighted by Gasteiger charge is -2.24. The van der Waals surface area contributed by atoms with Crippen molar-refractivity contribution in [2.45, 2.75) is 19.4 Å². The molecule has 1 aliphatic heterocycles. The van der Waals surface area contributed by atoms with Gasteiger partial charge in [-0.1, -0.05) is 43.3 Å². The molecule has 2 aromatic heterocycles. The number of carbonyl (C=O) groups excluding carboxylic acids is 2. The molecule has 0 spiro atoms. The van der Waals surface area contributed by atoms with Gasteiger partial charge in [-0.2, -0.15) is 0 Å². The third-order valence-corrected chi connectivity index (χ3v) is 6.65. The van der Waals surface area contributed by atoms with E-state index in [1.165, 1.54) is 16.2 Å². The van der Waals surface area contributed by atoms with Crippen LogP contribution >= 0.6 is 11.3 Å². The van der Waals surface area contributed by atoms with Crippen molar-refractivity contribution in [3.63, 3.8) is 0 Å². The lowest BCUT2D eigenvalue weighted by Crippen LogP contribution is -2.29. The summed E-state index contributed by atoms with van der Waals surface area (Å²) in [5.41, 5.74) is 3.25. The van der Waals surface area contributed by atoms with Crippen LogP contribution in [0.25, 0.3) is 16.7 Å². The van der Waals surface area contributed by atoms with Crippen LogP contribution in [0.15, 0.2) is 77.8 Å². The van der Waals surface area contributed by atoms with Gasteiger partial charge in [0.25, 0.3) is 11.7 Å². The van der Waals surface area contributed by atoms with Crippen molar-refractivity contribution in [3.05, 3.63) is 93.8 Å². The summed E-state index contributed by atoms with van der Waals surface area (Å²) in [6.07, 6.45) is 2.56. The van der Waals surface area contributed by atoms with Crippen LogP contribution in [0.3, 0.4) is 0 Å². The number of nitrogens with one attached hydrogen (secondary N) is 1. The maximum absolute atomic E-state index is 13.2. The number of Topliss-reactive ketones (excluding diaryl/α,β-unsaturated/α-hetero) is 1. The molecule has 5 nitrogen and oxygen atoms in total. The van der Waals surface area contributed by atoms with E-state index < -0.39 is 17.7 Å². The van der Waals surface area contributed by atoms with Crippen LogP contribution in [0.2, 0.25) is 0 Å². The van der Waals surface area contributed by atoms with Crippen LogP contribution in [0.5, 0.6) is 0 Å². The van der Waals surface area contributed by atoms with Crippen LogP contribution in [0.1, 0.15) is 29.0 Å². The zero-order valence-electron chi connectivity index (χ0n) is 16.8. The minimum Gasteiger partial charge on any atom is -0.507 e. The van der Waals surface area contributed by atoms with Crippen molar-refractivity contribution in [2.75, 3.05) is 4.90 Å². The molecule has 1 aliphatic rings. The molecule has 1 saturated heterocycles. The van der Waals surface area contributed by atoms with E-state index in [9.17, 15) is 14.7 Å². The van der Waals surface area contributed by atoms with Crippen molar-refractivity contribution < 1.29 is 14.7 Å². The first-order chi connectivity index (χ1) is 15.1. The zero-order valence-corrected chi connectivity index (χ0v) is 17.6. The predicted octanol–water partition coefficient (Wildman–Crippen LogP) is 5.42. The largest absolute Gasteiger partial charge is 0.507 e. The number of hydrogen-bond donors (Lipinski definition) is 2. The Morgan fingerprint density at radius 1 is 1.06 bits per heavy atom. The van der Waals surface area contributed by atoms with Crippen LogP contribution < -0.4 is 4.90 Å². The number of ketones is 1. The van der Waals surface area contributed by atoms with Gasteiger partial charge in [0.15, 0.2) is 0 Å². The lowest BCUT2D eigenvalue weighted by molar-refractivity contribution is -0.132. The summed E-state index contributed by atoms with van der Waals surface area (Å²) in [7, 11) is 0. The number of rotatable bonds is 4. The summed E-state index contributed by atoms with van der Waals surface area (Å²) >= 11 is 1.45. The molecule has 4 aromatic rings. The van der Waals surface area contributed by atoms with Gasteiger partial charge in [0, 0.05) is 33.2 Å². The Bertz CT molecular complexity index is 1320. The van der Waals surface area contributed by atoms with Gasteiger partial charge in [0.1, 0.15) is 11.8 Å². The number of hydrogen-bond acceptors (Lipinski definition) is 4. The number of anilines is 1. The highest BCUT2D eigenvalue weighted by molar-refractivity contribution is 7.10. The minimum absolute atomic E-state index is 0.108. The van der Waals surface area contributed by atoms with Crippen molar-refractivity contribution in [2.24, 2.45) is 0 Å². The summed E-state index contributed by atoms with van der Waals surface area (Å²) in [6, 6.07) is 18.3. The van der Waals surface area contributed by atoms with Crippen LogP contribution in [0.4, 0.5) is 5.69 Å². The summed E-state index contributed by atoms with van der Waals surface area (Å²) in [5, 5.41) is 14.0. The first kappa shape index (κ1) is 19.3. The van der Waals surface area contributed by atoms with E-state index in [1.54, 1.807) is 6.20 Å². The van der Waals surface area contributed by atoms with Gasteiger partial charge in [-0.15, -0.1) is 11.3 Å². The molecule has 154 valence electrons. The number of fused-ring (bicyclic) bond motifs is 1. The molecule has 5 rings (SSSR count). The molecule has 3 heterocycles. The molecule has 1 amide bonds. The van der Waals surface area contributed by atoms with Crippen molar-refractivity contribution in [1.29, 1.82) is 0 Å². The fourth-order valence-corrected chi connectivity index (χ4v) is 4.94. The van der Waals surface area contributed by atoms with E-state index in [-0.39, 0.29) is 11.3 Å². The Morgan fingerprint density at radius 3 is 2.55 bits per heavy atom. The highest BCUT2D eigenvalue weighted by Crippen LogP contribution is 2.44. The van der Waals surface area contributed by atoms with E-state index in [0.29, 0.717) is 11.3 Å². The lowest BCUT2D eigenvalue weighted by atomic mass is 9.99. The van der Waals surface area contributed by atoms with Crippen molar-refractivity contribution >= 4 is 45.4 Å². The van der Waals surface area contributed by atoms with Crippen molar-refractivity contribution in [3.8, 4) is 0 Å². The Morgan fingerprint density at radius 2 is 1.84 bits per heavy atom. The second-order valence-electron chi connectivity index (χ2n) is 7.45. The number of aliphatic hydroxyl groups is 1. The van der Waals surface area contributed by atoms with Gasteiger partial charge in [-0.25, -0.2) is 0 Å². The van der Waals surface area contributed by atoms with E-state index in [0.717, 1.165) is 27.8 Å². The Hall–Kier alpha value is -3.64. The van der Waals surface area contributed by atoms with E-state index in [1.807, 2.05) is 66.0 Å². The second-order valence-corrected chi connectivity index (χ2v) is 8.43. The van der Waals surface area contributed by atoms with Gasteiger partial charge in [-0.3, -0.25) is 14.5 Å². The average Bonchev–Trinajstić information content (AvgIpc) is 3.53. The molecule has 1 atom stereocenters. The van der Waals surface area contributed by atoms with Crippen LogP contribution in [-0.2, 0) is 16.0 Å². The van der Waals surface area contributed by atoms with Crippen molar-refractivity contribution in [1.82, 2.24) is 4.98 Å². The molecule has 1 fully saturated rings.